The molecule has 0 radical (unpaired) electrons. The standard InChI is InChI=1S/C23H28N6O/c1-23(2,3)13-20-19-12-16(25-22(19)27-21(14-24)26-20)15-28-8-10-29(11-9-28)17-4-6-18(30)7-5-17/h4-7,12,30H,8-11,13,15H2,1-3H3,(H,25,26,27). The molecule has 2 aromatic heterocycles. The zero-order chi connectivity index (χ0) is 21.3. The van der Waals surface area contributed by atoms with Crippen LogP contribution in [0.5, 0.6) is 5.75 Å². The summed E-state index contributed by atoms with van der Waals surface area (Å²) in [4.78, 5) is 17.0. The Hall–Kier alpha value is -3.11. The quantitative estimate of drug-likeness (QED) is 0.692. The number of nitriles is 1. The van der Waals surface area contributed by atoms with Crippen molar-refractivity contribution >= 4 is 16.7 Å². The van der Waals surface area contributed by atoms with Crippen LogP contribution in [-0.2, 0) is 13.0 Å². The van der Waals surface area contributed by atoms with E-state index >= 15 is 0 Å². The van der Waals surface area contributed by atoms with Crippen molar-refractivity contribution in [3.8, 4) is 11.8 Å². The van der Waals surface area contributed by atoms with E-state index in [-0.39, 0.29) is 11.2 Å². The van der Waals surface area contributed by atoms with E-state index in [2.05, 4.69) is 57.7 Å². The molecule has 30 heavy (non-hydrogen) atoms. The SMILES string of the molecule is CC(C)(C)Cc1nc(C#N)nc2[nH]c(CN3CCN(c4ccc(O)cc4)CC3)cc12. The highest BCUT2D eigenvalue weighted by Crippen LogP contribution is 2.26. The normalized spacial score (nSPS) is 15.5. The van der Waals surface area contributed by atoms with E-state index in [4.69, 9.17) is 0 Å². The van der Waals surface area contributed by atoms with E-state index in [0.29, 0.717) is 5.75 Å². The van der Waals surface area contributed by atoms with E-state index in [0.717, 1.165) is 67.3 Å². The fraction of sp³-hybridized carbons (Fsp3) is 0.435. The molecule has 4 rings (SSSR count). The molecule has 7 heteroatoms. The molecule has 3 aromatic rings. The van der Waals surface area contributed by atoms with Crippen LogP contribution in [0.15, 0.2) is 30.3 Å². The predicted octanol–water partition coefficient (Wildman–Crippen LogP) is 3.45. The number of aromatic amines is 1. The number of hydrogen-bond acceptors (Lipinski definition) is 6. The van der Waals surface area contributed by atoms with Gasteiger partial charge in [0.2, 0.25) is 5.82 Å². The molecule has 1 fully saturated rings. The van der Waals surface area contributed by atoms with E-state index < -0.39 is 0 Å². The average Bonchev–Trinajstić information content (AvgIpc) is 3.11. The number of benzene rings is 1. The summed E-state index contributed by atoms with van der Waals surface area (Å²) in [7, 11) is 0. The molecule has 156 valence electrons. The highest BCUT2D eigenvalue weighted by Gasteiger charge is 2.21. The van der Waals surface area contributed by atoms with Gasteiger partial charge in [-0.2, -0.15) is 5.26 Å². The second-order valence-electron chi connectivity index (χ2n) is 9.18. The largest absolute Gasteiger partial charge is 0.508 e. The van der Waals surface area contributed by atoms with Crippen molar-refractivity contribution in [2.24, 2.45) is 5.41 Å². The van der Waals surface area contributed by atoms with Crippen LogP contribution < -0.4 is 4.90 Å². The maximum Gasteiger partial charge on any atom is 0.234 e. The van der Waals surface area contributed by atoms with Crippen LogP contribution in [0.1, 0.15) is 38.0 Å². The van der Waals surface area contributed by atoms with Gasteiger partial charge in [0, 0.05) is 49.5 Å². The molecular weight excluding hydrogens is 376 g/mol. The third-order valence-corrected chi connectivity index (χ3v) is 5.40. The number of aromatic hydroxyl groups is 1. The van der Waals surface area contributed by atoms with Crippen LogP contribution in [0.2, 0.25) is 0 Å². The Balaban J connectivity index is 1.47. The van der Waals surface area contributed by atoms with Crippen LogP contribution in [0.4, 0.5) is 5.69 Å². The van der Waals surface area contributed by atoms with Crippen molar-refractivity contribution in [2.45, 2.75) is 33.7 Å². The summed E-state index contributed by atoms with van der Waals surface area (Å²) in [6, 6.07) is 11.6. The zero-order valence-corrected chi connectivity index (χ0v) is 17.8. The first-order valence-electron chi connectivity index (χ1n) is 10.4. The lowest BCUT2D eigenvalue weighted by Crippen LogP contribution is -2.46. The van der Waals surface area contributed by atoms with E-state index in [9.17, 15) is 10.4 Å². The second-order valence-corrected chi connectivity index (χ2v) is 9.18. The molecule has 1 aliphatic heterocycles. The first-order chi connectivity index (χ1) is 14.3. The third kappa shape index (κ3) is 4.55. The second kappa shape index (κ2) is 7.96. The lowest BCUT2D eigenvalue weighted by Gasteiger charge is -2.35. The molecule has 0 saturated carbocycles. The zero-order valence-electron chi connectivity index (χ0n) is 17.8. The van der Waals surface area contributed by atoms with Crippen LogP contribution in [-0.4, -0.2) is 51.1 Å². The number of aromatic nitrogens is 3. The minimum Gasteiger partial charge on any atom is -0.508 e. The van der Waals surface area contributed by atoms with Gasteiger partial charge in [-0.25, -0.2) is 9.97 Å². The molecule has 1 aliphatic rings. The Morgan fingerprint density at radius 2 is 1.80 bits per heavy atom. The maximum atomic E-state index is 9.48. The molecule has 1 aromatic carbocycles. The average molecular weight is 405 g/mol. The molecular formula is C23H28N6O. The van der Waals surface area contributed by atoms with Gasteiger partial charge in [-0.1, -0.05) is 20.8 Å². The van der Waals surface area contributed by atoms with Crippen molar-refractivity contribution in [1.29, 1.82) is 5.26 Å². The van der Waals surface area contributed by atoms with Gasteiger partial charge in [-0.15, -0.1) is 0 Å². The number of rotatable bonds is 4. The van der Waals surface area contributed by atoms with Crippen LogP contribution >= 0.6 is 0 Å². The van der Waals surface area contributed by atoms with E-state index in [1.807, 2.05) is 12.1 Å². The summed E-state index contributed by atoms with van der Waals surface area (Å²) in [6.07, 6.45) is 0.795. The number of anilines is 1. The Morgan fingerprint density at radius 3 is 2.43 bits per heavy atom. The Kier molecular flexibility index (Phi) is 5.35. The number of hydrogen-bond donors (Lipinski definition) is 2. The fourth-order valence-corrected chi connectivity index (χ4v) is 3.97. The minimum absolute atomic E-state index is 0.0794. The number of piperazine rings is 1. The van der Waals surface area contributed by atoms with Crippen molar-refractivity contribution in [2.75, 3.05) is 31.1 Å². The molecule has 0 amide bonds. The number of fused-ring (bicyclic) bond motifs is 1. The van der Waals surface area contributed by atoms with Gasteiger partial charge in [0.25, 0.3) is 0 Å². The summed E-state index contributed by atoms with van der Waals surface area (Å²) < 4.78 is 0. The summed E-state index contributed by atoms with van der Waals surface area (Å²) in [6.45, 7) is 11.1. The molecule has 3 heterocycles. The molecule has 0 bridgehead atoms. The Bertz CT molecular complexity index is 1070. The summed E-state index contributed by atoms with van der Waals surface area (Å²) in [5, 5.41) is 19.8. The highest BCUT2D eigenvalue weighted by molar-refractivity contribution is 5.79. The van der Waals surface area contributed by atoms with Crippen molar-refractivity contribution < 1.29 is 5.11 Å². The third-order valence-electron chi connectivity index (χ3n) is 5.40. The summed E-state index contributed by atoms with van der Waals surface area (Å²) in [5.41, 5.74) is 4.00. The smallest absolute Gasteiger partial charge is 0.234 e. The molecule has 0 unspecified atom stereocenters. The number of H-pyrrole nitrogens is 1. The first kappa shape index (κ1) is 20.2. The van der Waals surface area contributed by atoms with E-state index in [1.54, 1.807) is 12.1 Å². The van der Waals surface area contributed by atoms with Crippen molar-refractivity contribution in [3.63, 3.8) is 0 Å². The molecule has 1 saturated heterocycles. The maximum absolute atomic E-state index is 9.48. The van der Waals surface area contributed by atoms with Crippen molar-refractivity contribution in [1.82, 2.24) is 19.9 Å². The molecule has 0 aliphatic carbocycles. The Labute approximate surface area is 177 Å². The minimum atomic E-state index is 0.0794. The van der Waals surface area contributed by atoms with Gasteiger partial charge in [0.15, 0.2) is 0 Å². The molecule has 0 atom stereocenters. The number of phenols is 1. The van der Waals surface area contributed by atoms with Gasteiger partial charge < -0.3 is 15.0 Å². The predicted molar refractivity (Wildman–Crippen MR) is 117 cm³/mol. The van der Waals surface area contributed by atoms with Gasteiger partial charge in [-0.3, -0.25) is 4.90 Å². The number of phenolic OH excluding ortho intramolecular Hbond substituents is 1. The topological polar surface area (TPSA) is 92.1 Å². The van der Waals surface area contributed by atoms with Crippen LogP contribution in [0.3, 0.4) is 0 Å². The molecule has 2 N–H and O–H groups in total. The van der Waals surface area contributed by atoms with Gasteiger partial charge in [-0.05, 0) is 42.2 Å². The summed E-state index contributed by atoms with van der Waals surface area (Å²) >= 11 is 0. The number of nitrogens with zero attached hydrogens (tertiary/aromatic N) is 5. The van der Waals surface area contributed by atoms with Gasteiger partial charge in [0.05, 0.1) is 5.69 Å². The monoisotopic (exact) mass is 404 g/mol. The highest BCUT2D eigenvalue weighted by atomic mass is 16.3. The van der Waals surface area contributed by atoms with Gasteiger partial charge in [0.1, 0.15) is 17.5 Å². The first-order valence-corrected chi connectivity index (χ1v) is 10.4. The Morgan fingerprint density at radius 1 is 1.10 bits per heavy atom. The van der Waals surface area contributed by atoms with Gasteiger partial charge >= 0.3 is 0 Å². The number of nitrogens with one attached hydrogen (secondary N) is 1. The van der Waals surface area contributed by atoms with Crippen molar-refractivity contribution in [3.05, 3.63) is 47.5 Å². The fourth-order valence-electron chi connectivity index (χ4n) is 3.97. The lowest BCUT2D eigenvalue weighted by molar-refractivity contribution is 0.247. The van der Waals surface area contributed by atoms with E-state index in [1.165, 1.54) is 0 Å². The lowest BCUT2D eigenvalue weighted by atomic mass is 9.89. The van der Waals surface area contributed by atoms with Crippen LogP contribution in [0, 0.1) is 16.7 Å². The molecule has 7 nitrogen and oxygen atoms in total. The summed E-state index contributed by atoms with van der Waals surface area (Å²) in [5.74, 6) is 0.516. The van der Waals surface area contributed by atoms with Crippen LogP contribution in [0.25, 0.3) is 11.0 Å². The molecule has 0 spiro atoms.